The molecule has 0 atom stereocenters. The van der Waals surface area contributed by atoms with Crippen LogP contribution < -0.4 is 4.90 Å². The number of carbonyl (C=O) groups excluding carboxylic acids is 1. The summed E-state index contributed by atoms with van der Waals surface area (Å²) in [6.07, 6.45) is 8.51. The number of fused-ring (bicyclic) bond motifs is 1. The molecule has 3 aromatic rings. The minimum absolute atomic E-state index is 0.226. The van der Waals surface area contributed by atoms with E-state index in [4.69, 9.17) is 0 Å². The Morgan fingerprint density at radius 1 is 1.37 bits per heavy atom. The number of nitrogens with one attached hydrogen (secondary N) is 1. The predicted molar refractivity (Wildman–Crippen MR) is 108 cm³/mol. The predicted octanol–water partition coefficient (Wildman–Crippen LogP) is 4.38. The number of aryl methyl sites for hydroxylation is 1. The Kier molecular flexibility index (Phi) is 4.95. The number of hydrogen-bond acceptors (Lipinski definition) is 6. The van der Waals surface area contributed by atoms with Crippen LogP contribution in [0.2, 0.25) is 0 Å². The maximum Gasteiger partial charge on any atom is 0.174 e. The van der Waals surface area contributed by atoms with Gasteiger partial charge in [0.2, 0.25) is 0 Å². The van der Waals surface area contributed by atoms with Gasteiger partial charge in [0.15, 0.2) is 5.78 Å². The van der Waals surface area contributed by atoms with Crippen LogP contribution in [0.15, 0.2) is 24.7 Å². The van der Waals surface area contributed by atoms with Crippen LogP contribution in [0.4, 0.5) is 5.82 Å². The van der Waals surface area contributed by atoms with Crippen molar-refractivity contribution in [2.75, 3.05) is 18.0 Å². The van der Waals surface area contributed by atoms with Crippen LogP contribution in [0.25, 0.3) is 11.0 Å². The molecular formula is C20H25N5OS. The van der Waals surface area contributed by atoms with Gasteiger partial charge in [0.1, 0.15) is 17.8 Å². The smallest absolute Gasteiger partial charge is 0.174 e. The Hall–Kier alpha value is -2.28. The van der Waals surface area contributed by atoms with Crippen LogP contribution in [0, 0.1) is 12.3 Å². The summed E-state index contributed by atoms with van der Waals surface area (Å²) < 4.78 is 4.23. The number of ketones is 1. The third-order valence-electron chi connectivity index (χ3n) is 5.39. The Morgan fingerprint density at radius 2 is 2.22 bits per heavy atom. The monoisotopic (exact) mass is 383 g/mol. The van der Waals surface area contributed by atoms with E-state index in [0.29, 0.717) is 6.42 Å². The van der Waals surface area contributed by atoms with Crippen LogP contribution in [0.5, 0.6) is 0 Å². The highest BCUT2D eigenvalue weighted by Gasteiger charge is 2.44. The molecule has 0 bridgehead atoms. The summed E-state index contributed by atoms with van der Waals surface area (Å²) in [6.45, 7) is 6.04. The molecule has 0 unspecified atom stereocenters. The van der Waals surface area contributed by atoms with E-state index >= 15 is 0 Å². The molecule has 6 nitrogen and oxygen atoms in total. The zero-order chi connectivity index (χ0) is 18.9. The van der Waals surface area contributed by atoms with E-state index in [1.165, 1.54) is 24.4 Å². The lowest BCUT2D eigenvalue weighted by Gasteiger charge is -2.28. The fourth-order valence-corrected chi connectivity index (χ4v) is 4.43. The maximum absolute atomic E-state index is 12.5. The Bertz CT molecular complexity index is 943. The maximum atomic E-state index is 12.5. The molecule has 1 saturated carbocycles. The molecule has 0 saturated heterocycles. The summed E-state index contributed by atoms with van der Waals surface area (Å²) in [5.74, 6) is 1.22. The fourth-order valence-electron chi connectivity index (χ4n) is 3.71. The first kappa shape index (κ1) is 18.1. The van der Waals surface area contributed by atoms with Gasteiger partial charge < -0.3 is 9.88 Å². The number of carbonyl (C=O) groups is 1. The van der Waals surface area contributed by atoms with Crippen molar-refractivity contribution in [3.63, 3.8) is 0 Å². The van der Waals surface area contributed by atoms with E-state index < -0.39 is 0 Å². The molecule has 0 radical (unpaired) electrons. The van der Waals surface area contributed by atoms with Gasteiger partial charge >= 0.3 is 0 Å². The highest BCUT2D eigenvalue weighted by Crippen LogP contribution is 2.51. The van der Waals surface area contributed by atoms with Gasteiger partial charge in [-0.2, -0.15) is 4.37 Å². The molecule has 7 heteroatoms. The molecule has 3 aromatic heterocycles. The molecule has 142 valence electrons. The van der Waals surface area contributed by atoms with Gasteiger partial charge in [-0.1, -0.05) is 6.92 Å². The lowest BCUT2D eigenvalue weighted by atomic mass is 9.97. The van der Waals surface area contributed by atoms with Gasteiger partial charge in [-0.3, -0.25) is 4.79 Å². The van der Waals surface area contributed by atoms with E-state index in [1.54, 1.807) is 6.33 Å². The number of rotatable bonds is 9. The molecule has 27 heavy (non-hydrogen) atoms. The zero-order valence-corrected chi connectivity index (χ0v) is 16.7. The SMILES string of the molecule is CCCN(CC1(CCC(=O)c2cc(C)ns2)CC1)c1ncnc2[nH]ccc12. The van der Waals surface area contributed by atoms with Gasteiger partial charge in [-0.05, 0) is 61.7 Å². The number of hydrogen-bond donors (Lipinski definition) is 1. The van der Waals surface area contributed by atoms with E-state index in [-0.39, 0.29) is 11.2 Å². The van der Waals surface area contributed by atoms with E-state index in [9.17, 15) is 4.79 Å². The van der Waals surface area contributed by atoms with Crippen molar-refractivity contribution in [1.29, 1.82) is 0 Å². The van der Waals surface area contributed by atoms with Crippen molar-refractivity contribution >= 4 is 34.2 Å². The summed E-state index contributed by atoms with van der Waals surface area (Å²) in [5, 5.41) is 1.07. The van der Waals surface area contributed by atoms with E-state index in [1.807, 2.05) is 25.3 Å². The summed E-state index contributed by atoms with van der Waals surface area (Å²) in [5.41, 5.74) is 2.04. The van der Waals surface area contributed by atoms with E-state index in [2.05, 4.69) is 31.1 Å². The van der Waals surface area contributed by atoms with E-state index in [0.717, 1.165) is 53.4 Å². The highest BCUT2D eigenvalue weighted by molar-refractivity contribution is 7.08. The first-order valence-electron chi connectivity index (χ1n) is 9.60. The second-order valence-corrected chi connectivity index (χ2v) is 8.42. The average molecular weight is 384 g/mol. The molecular weight excluding hydrogens is 358 g/mol. The van der Waals surface area contributed by atoms with Crippen LogP contribution in [-0.4, -0.2) is 38.2 Å². The normalized spacial score (nSPS) is 15.2. The minimum atomic E-state index is 0.226. The molecule has 0 aromatic carbocycles. The van der Waals surface area contributed by atoms with Gasteiger partial charge in [0.25, 0.3) is 0 Å². The summed E-state index contributed by atoms with van der Waals surface area (Å²) in [4.78, 5) is 27.7. The Morgan fingerprint density at radius 3 is 2.93 bits per heavy atom. The largest absolute Gasteiger partial charge is 0.355 e. The topological polar surface area (TPSA) is 74.8 Å². The molecule has 0 spiro atoms. The van der Waals surface area contributed by atoms with Gasteiger partial charge in [-0.25, -0.2) is 9.97 Å². The quantitative estimate of drug-likeness (QED) is 0.555. The zero-order valence-electron chi connectivity index (χ0n) is 15.9. The van der Waals surface area contributed by atoms with Crippen LogP contribution in [0.3, 0.4) is 0 Å². The third-order valence-corrected chi connectivity index (χ3v) is 6.32. The second-order valence-electron chi connectivity index (χ2n) is 7.61. The molecule has 3 heterocycles. The highest BCUT2D eigenvalue weighted by atomic mass is 32.1. The average Bonchev–Trinajstić information content (AvgIpc) is 3.06. The van der Waals surface area contributed by atoms with Crippen molar-refractivity contribution in [3.05, 3.63) is 35.2 Å². The van der Waals surface area contributed by atoms with Crippen molar-refractivity contribution in [2.24, 2.45) is 5.41 Å². The van der Waals surface area contributed by atoms with Crippen molar-refractivity contribution in [1.82, 2.24) is 19.3 Å². The second kappa shape index (κ2) is 7.38. The molecule has 1 aliphatic carbocycles. The summed E-state index contributed by atoms with van der Waals surface area (Å²) >= 11 is 1.32. The number of anilines is 1. The molecule has 1 N–H and O–H groups in total. The Labute approximate surface area is 163 Å². The molecule has 0 amide bonds. The number of nitrogens with zero attached hydrogens (tertiary/aromatic N) is 4. The molecule has 0 aliphatic heterocycles. The number of aromatic amines is 1. The first-order chi connectivity index (χ1) is 13.1. The Balaban J connectivity index is 1.46. The molecule has 1 aliphatic rings. The van der Waals surface area contributed by atoms with Crippen molar-refractivity contribution < 1.29 is 4.79 Å². The first-order valence-corrected chi connectivity index (χ1v) is 10.4. The third kappa shape index (κ3) is 3.88. The number of aromatic nitrogens is 4. The summed E-state index contributed by atoms with van der Waals surface area (Å²) in [6, 6.07) is 3.95. The number of Topliss-reactive ketones (excluding diaryl/α,β-unsaturated/α-hetero) is 1. The lowest BCUT2D eigenvalue weighted by molar-refractivity contribution is 0.0975. The van der Waals surface area contributed by atoms with Gasteiger partial charge in [-0.15, -0.1) is 0 Å². The fraction of sp³-hybridized carbons (Fsp3) is 0.500. The molecule has 1 fully saturated rings. The standard InChI is InChI=1S/C20H25N5OS/c1-3-10-25(19-15-5-9-21-18(15)22-13-23-19)12-20(7-8-20)6-4-16(26)17-11-14(2)24-27-17/h5,9,11,13H,3-4,6-8,10,12H2,1-2H3,(H,21,22,23). The molecule has 4 rings (SSSR count). The van der Waals surface area contributed by atoms with Gasteiger partial charge in [0, 0.05) is 25.7 Å². The minimum Gasteiger partial charge on any atom is -0.355 e. The van der Waals surface area contributed by atoms with Crippen LogP contribution in [0.1, 0.15) is 54.4 Å². The van der Waals surface area contributed by atoms with Crippen molar-refractivity contribution in [3.8, 4) is 0 Å². The van der Waals surface area contributed by atoms with Gasteiger partial charge in [0.05, 0.1) is 16.0 Å². The lowest BCUT2D eigenvalue weighted by Crippen LogP contribution is -2.32. The summed E-state index contributed by atoms with van der Waals surface area (Å²) in [7, 11) is 0. The van der Waals surface area contributed by atoms with Crippen molar-refractivity contribution in [2.45, 2.75) is 46.0 Å². The van der Waals surface area contributed by atoms with Crippen LogP contribution >= 0.6 is 11.5 Å². The number of H-pyrrole nitrogens is 1. The van der Waals surface area contributed by atoms with Crippen LogP contribution in [-0.2, 0) is 0 Å².